The van der Waals surface area contributed by atoms with Gasteiger partial charge < -0.3 is 14.7 Å². The molecule has 0 radical (unpaired) electrons. The number of anilines is 9. The molecule has 9 aromatic carbocycles. The molecule has 12 rings (SSSR count). The van der Waals surface area contributed by atoms with Crippen LogP contribution in [0.3, 0.4) is 0 Å². The minimum Gasteiger partial charge on any atom is -0.310 e. The van der Waals surface area contributed by atoms with Gasteiger partial charge in [0.05, 0.1) is 34.1 Å². The molecule has 280 valence electrons. The van der Waals surface area contributed by atoms with Crippen molar-refractivity contribution in [2.75, 3.05) is 14.7 Å². The smallest absolute Gasteiger partial charge is 0.310 e. The highest BCUT2D eigenvalue weighted by atomic mass is 32.2. The van der Waals surface area contributed by atoms with Gasteiger partial charge in [0.25, 0.3) is 0 Å². The number of hydrogen-bond donors (Lipinski definition) is 0. The Morgan fingerprint density at radius 3 is 1.20 bits per heavy atom. The third kappa shape index (κ3) is 5.10. The van der Waals surface area contributed by atoms with Gasteiger partial charge in [0.2, 0.25) is 0 Å². The van der Waals surface area contributed by atoms with Crippen LogP contribution in [0.25, 0.3) is 21.5 Å². The maximum absolute atomic E-state index is 13.4. The summed E-state index contributed by atoms with van der Waals surface area (Å²) in [6.07, 6.45) is 0. The Morgan fingerprint density at radius 1 is 0.356 bits per heavy atom. The fourth-order valence-electron chi connectivity index (χ4n) is 9.42. The first-order valence-electron chi connectivity index (χ1n) is 19.6. The maximum atomic E-state index is 13.4. The second-order valence-corrected chi connectivity index (χ2v) is 16.3. The predicted molar refractivity (Wildman–Crippen MR) is 238 cm³/mol. The first kappa shape index (κ1) is 33.6. The molecule has 59 heavy (non-hydrogen) atoms. The van der Waals surface area contributed by atoms with E-state index in [4.69, 9.17) is 0 Å². The Bertz CT molecular complexity index is 3130. The Labute approximate surface area is 340 Å². The highest BCUT2D eigenvalue weighted by molar-refractivity contribution is 7.88. The lowest BCUT2D eigenvalue weighted by Crippen LogP contribution is -2.26. The second-order valence-electron chi connectivity index (χ2n) is 15.1. The summed E-state index contributed by atoms with van der Waals surface area (Å²) in [4.78, 5) is 6.82. The largest absolute Gasteiger partial charge is 0.364 e. The quantitative estimate of drug-likeness (QED) is 0.166. The van der Waals surface area contributed by atoms with Crippen molar-refractivity contribution >= 4 is 82.9 Å². The molecule has 0 aromatic heterocycles. The number of hydrogen-bond acceptors (Lipinski definition) is 5. The molecule has 3 aliphatic heterocycles. The second kappa shape index (κ2) is 12.7. The van der Waals surface area contributed by atoms with Crippen LogP contribution in [0.15, 0.2) is 203 Å². The molecule has 0 N–H and O–H groups in total. The van der Waals surface area contributed by atoms with Gasteiger partial charge in [-0.15, -0.1) is 8.80 Å². The van der Waals surface area contributed by atoms with Crippen molar-refractivity contribution in [1.29, 1.82) is 0 Å². The number of benzene rings is 9. The van der Waals surface area contributed by atoms with Crippen LogP contribution < -0.4 is 25.4 Å². The predicted octanol–water partition coefficient (Wildman–Crippen LogP) is 11.7. The average Bonchev–Trinajstić information content (AvgIpc) is 3.63. The zero-order chi connectivity index (χ0) is 39.2. The van der Waals surface area contributed by atoms with Crippen molar-refractivity contribution in [3.05, 3.63) is 222 Å². The summed E-state index contributed by atoms with van der Waals surface area (Å²) < 4.78 is 35.4. The van der Waals surface area contributed by atoms with E-state index >= 15 is 0 Å². The zero-order valence-corrected chi connectivity index (χ0v) is 32.3. The Hall–Kier alpha value is -7.55. The topological polar surface area (TPSA) is 68.6 Å². The molecule has 0 spiro atoms. The molecule has 3 heterocycles. The van der Waals surface area contributed by atoms with E-state index in [2.05, 4.69) is 212 Å². The van der Waals surface area contributed by atoms with Crippen LogP contribution in [-0.2, 0) is 10.2 Å². The SMILES string of the molecule is O=S1(=O)N=c2c(c3cc(N4c5ccccc5N(c5ccccc5)c5ccccc54)ccc3c3ccc(N4c5ccccc5C(c5ccccc5)c5ccccc54)cc23)=N1. The highest BCUT2D eigenvalue weighted by Crippen LogP contribution is 2.55. The zero-order valence-electron chi connectivity index (χ0n) is 31.5. The molecule has 0 bridgehead atoms. The number of nitrogens with zero attached hydrogens (tertiary/aromatic N) is 5. The highest BCUT2D eigenvalue weighted by Gasteiger charge is 2.33. The van der Waals surface area contributed by atoms with E-state index < -0.39 is 10.2 Å². The third-order valence-electron chi connectivity index (χ3n) is 11.8. The van der Waals surface area contributed by atoms with Crippen LogP contribution in [0.2, 0.25) is 0 Å². The molecule has 0 amide bonds. The Kier molecular flexibility index (Phi) is 7.24. The molecule has 3 aliphatic rings. The summed E-state index contributed by atoms with van der Waals surface area (Å²) >= 11 is 0. The lowest BCUT2D eigenvalue weighted by atomic mass is 9.80. The van der Waals surface area contributed by atoms with Crippen LogP contribution in [0.5, 0.6) is 0 Å². The molecular formula is C51H33N5O2S. The van der Waals surface area contributed by atoms with Gasteiger partial charge in [0.15, 0.2) is 0 Å². The van der Waals surface area contributed by atoms with Crippen LogP contribution in [0.4, 0.5) is 51.2 Å². The van der Waals surface area contributed by atoms with Gasteiger partial charge in [-0.2, -0.15) is 8.42 Å². The number of rotatable bonds is 4. The van der Waals surface area contributed by atoms with Crippen molar-refractivity contribution in [3.8, 4) is 0 Å². The molecule has 0 unspecified atom stereocenters. The van der Waals surface area contributed by atoms with E-state index in [1.54, 1.807) is 0 Å². The summed E-state index contributed by atoms with van der Waals surface area (Å²) in [6.45, 7) is 0. The molecule has 9 aromatic rings. The summed E-state index contributed by atoms with van der Waals surface area (Å²) in [7, 11) is -4.12. The number of para-hydroxylation sites is 7. The van der Waals surface area contributed by atoms with Gasteiger partial charge in [0, 0.05) is 33.8 Å². The van der Waals surface area contributed by atoms with Gasteiger partial charge >= 0.3 is 10.2 Å². The molecule has 0 fully saturated rings. The van der Waals surface area contributed by atoms with Crippen LogP contribution >= 0.6 is 0 Å². The van der Waals surface area contributed by atoms with Crippen molar-refractivity contribution in [2.45, 2.75) is 5.92 Å². The average molecular weight is 780 g/mol. The molecule has 0 aliphatic carbocycles. The molecule has 0 saturated heterocycles. The normalized spacial score (nSPS) is 14.8. The lowest BCUT2D eigenvalue weighted by molar-refractivity contribution is 0.599. The minimum absolute atomic E-state index is 0.0573. The van der Waals surface area contributed by atoms with E-state index in [-0.39, 0.29) is 5.92 Å². The fraction of sp³-hybridized carbons (Fsp3) is 0.0196. The van der Waals surface area contributed by atoms with Crippen molar-refractivity contribution in [1.82, 2.24) is 0 Å². The molecular weight excluding hydrogens is 747 g/mol. The molecule has 7 nitrogen and oxygen atoms in total. The first-order valence-corrected chi connectivity index (χ1v) is 21.0. The van der Waals surface area contributed by atoms with E-state index in [1.807, 2.05) is 6.07 Å². The van der Waals surface area contributed by atoms with E-state index in [9.17, 15) is 8.42 Å². The minimum atomic E-state index is -4.12. The number of fused-ring (bicyclic) bond motifs is 10. The van der Waals surface area contributed by atoms with Crippen LogP contribution in [-0.4, -0.2) is 8.42 Å². The Morgan fingerprint density at radius 2 is 0.729 bits per heavy atom. The van der Waals surface area contributed by atoms with E-state index in [0.29, 0.717) is 10.7 Å². The van der Waals surface area contributed by atoms with Crippen LogP contribution in [0.1, 0.15) is 22.6 Å². The van der Waals surface area contributed by atoms with Crippen LogP contribution in [0, 0.1) is 0 Å². The van der Waals surface area contributed by atoms with Gasteiger partial charge in [-0.25, -0.2) is 0 Å². The summed E-state index contributed by atoms with van der Waals surface area (Å²) in [5.41, 5.74) is 12.7. The summed E-state index contributed by atoms with van der Waals surface area (Å²) in [6, 6.07) is 67.4. The van der Waals surface area contributed by atoms with E-state index in [1.165, 1.54) is 16.7 Å². The van der Waals surface area contributed by atoms with Crippen molar-refractivity contribution in [3.63, 3.8) is 0 Å². The molecule has 0 atom stereocenters. The van der Waals surface area contributed by atoms with Gasteiger partial charge in [-0.3, -0.25) is 0 Å². The summed E-state index contributed by atoms with van der Waals surface area (Å²) in [5.74, 6) is 0.0573. The molecule has 0 saturated carbocycles. The van der Waals surface area contributed by atoms with Gasteiger partial charge in [0.1, 0.15) is 10.7 Å². The first-order chi connectivity index (χ1) is 29.0. The standard InChI is InChI=1S/C51H33N5O2S/c57-59(58)52-50-41-31-35(55-43-21-9-7-19-39(43)49(33-15-3-1-4-16-33)40-20-8-10-22-44(40)55)27-29-37(41)38-30-28-36(32-42(38)51(50)53-59)56-47-25-13-11-23-45(47)54(34-17-5-2-6-18-34)46-24-12-14-26-48(46)56/h1-32,49H. The molecule has 8 heteroatoms. The van der Waals surface area contributed by atoms with E-state index in [0.717, 1.165) is 72.7 Å². The van der Waals surface area contributed by atoms with Gasteiger partial charge in [-0.05, 0) is 100 Å². The maximum Gasteiger partial charge on any atom is 0.364 e. The lowest BCUT2D eigenvalue weighted by Gasteiger charge is -2.40. The monoisotopic (exact) mass is 779 g/mol. The fourth-order valence-corrected chi connectivity index (χ4v) is 10.3. The summed E-state index contributed by atoms with van der Waals surface area (Å²) in [5, 5.41) is 3.98. The Balaban J connectivity index is 1.05. The van der Waals surface area contributed by atoms with Crippen molar-refractivity contribution in [2.24, 2.45) is 8.80 Å². The third-order valence-corrected chi connectivity index (χ3v) is 12.6. The van der Waals surface area contributed by atoms with Gasteiger partial charge in [-0.1, -0.05) is 121 Å². The van der Waals surface area contributed by atoms with Crippen molar-refractivity contribution < 1.29 is 8.42 Å².